The van der Waals surface area contributed by atoms with E-state index in [0.717, 1.165) is 29.7 Å². The first-order chi connectivity index (χ1) is 14.4. The molecule has 0 fully saturated rings. The van der Waals surface area contributed by atoms with Crippen LogP contribution in [-0.4, -0.2) is 6.36 Å². The van der Waals surface area contributed by atoms with Crippen molar-refractivity contribution in [3.8, 4) is 28.0 Å². The number of halogens is 4. The molecule has 1 nitrogen and oxygen atoms in total. The average Bonchev–Trinajstić information content (AvgIpc) is 2.72. The third kappa shape index (κ3) is 6.09. The Morgan fingerprint density at radius 3 is 1.77 bits per heavy atom. The van der Waals surface area contributed by atoms with Crippen LogP contribution in [0.3, 0.4) is 0 Å². The van der Waals surface area contributed by atoms with E-state index in [-0.39, 0.29) is 0 Å². The minimum atomic E-state index is -4.92. The van der Waals surface area contributed by atoms with Crippen molar-refractivity contribution in [3.63, 3.8) is 0 Å². The van der Waals surface area contributed by atoms with E-state index < -0.39 is 17.9 Å². The fourth-order valence-corrected chi connectivity index (χ4v) is 3.36. The molecule has 0 N–H and O–H groups in total. The summed E-state index contributed by atoms with van der Waals surface area (Å²) in [5.41, 5.74) is 4.62. The van der Waals surface area contributed by atoms with Gasteiger partial charge in [-0.3, -0.25) is 0 Å². The van der Waals surface area contributed by atoms with E-state index in [4.69, 9.17) is 0 Å². The monoisotopic (exact) mass is 416 g/mol. The number of hydrogen-bond acceptors (Lipinski definition) is 1. The van der Waals surface area contributed by atoms with Gasteiger partial charge in [-0.2, -0.15) is 0 Å². The molecule has 0 aliphatic heterocycles. The van der Waals surface area contributed by atoms with Crippen LogP contribution >= 0.6 is 0 Å². The zero-order valence-electron chi connectivity index (χ0n) is 16.8. The highest BCUT2D eigenvalue weighted by Crippen LogP contribution is 2.31. The topological polar surface area (TPSA) is 9.23 Å². The Hall–Kier alpha value is -2.82. The minimum Gasteiger partial charge on any atom is -0.403 e. The molecule has 0 amide bonds. The van der Waals surface area contributed by atoms with Gasteiger partial charge >= 0.3 is 6.36 Å². The molecular formula is C25H24F4O. The van der Waals surface area contributed by atoms with Gasteiger partial charge in [0.1, 0.15) is 0 Å². The fraction of sp³-hybridized carbons (Fsp3) is 0.280. The van der Waals surface area contributed by atoms with Crippen molar-refractivity contribution in [1.29, 1.82) is 0 Å². The van der Waals surface area contributed by atoms with Gasteiger partial charge in [0.25, 0.3) is 0 Å². The molecule has 0 aromatic heterocycles. The van der Waals surface area contributed by atoms with Crippen LogP contribution < -0.4 is 4.74 Å². The Morgan fingerprint density at radius 2 is 1.23 bits per heavy atom. The molecule has 3 aromatic rings. The SMILES string of the molecule is CCCCCCc1ccc(-c2ccc(-c3ccc(OC(F)(F)F)c(F)c3)cc2)cc1. The highest BCUT2D eigenvalue weighted by Gasteiger charge is 2.32. The van der Waals surface area contributed by atoms with Gasteiger partial charge in [-0.15, -0.1) is 13.2 Å². The van der Waals surface area contributed by atoms with E-state index in [0.29, 0.717) is 11.1 Å². The predicted molar refractivity (Wildman–Crippen MR) is 112 cm³/mol. The summed E-state index contributed by atoms with van der Waals surface area (Å²) in [6, 6.07) is 19.4. The lowest BCUT2D eigenvalue weighted by Crippen LogP contribution is -2.17. The first-order valence-corrected chi connectivity index (χ1v) is 10.1. The van der Waals surface area contributed by atoms with Crippen LogP contribution in [-0.2, 0) is 6.42 Å². The summed E-state index contributed by atoms with van der Waals surface area (Å²) in [4.78, 5) is 0. The van der Waals surface area contributed by atoms with Gasteiger partial charge in [-0.25, -0.2) is 4.39 Å². The maximum Gasteiger partial charge on any atom is 0.573 e. The summed E-state index contributed by atoms with van der Waals surface area (Å²) in [5.74, 6) is -1.89. The van der Waals surface area contributed by atoms with Gasteiger partial charge in [-0.1, -0.05) is 80.8 Å². The normalized spacial score (nSPS) is 11.5. The summed E-state index contributed by atoms with van der Waals surface area (Å²) in [6.45, 7) is 2.20. The van der Waals surface area contributed by atoms with Crippen LogP contribution in [0.15, 0.2) is 66.7 Å². The number of hydrogen-bond donors (Lipinski definition) is 0. The summed E-state index contributed by atoms with van der Waals surface area (Å²) in [7, 11) is 0. The van der Waals surface area contributed by atoms with Gasteiger partial charge in [0.2, 0.25) is 0 Å². The minimum absolute atomic E-state index is 0.482. The molecule has 0 heterocycles. The Labute approximate surface area is 174 Å². The van der Waals surface area contributed by atoms with Crippen LogP contribution in [0.2, 0.25) is 0 Å². The van der Waals surface area contributed by atoms with Crippen LogP contribution in [0, 0.1) is 5.82 Å². The Balaban J connectivity index is 1.68. The van der Waals surface area contributed by atoms with E-state index >= 15 is 0 Å². The van der Waals surface area contributed by atoms with Gasteiger partial charge < -0.3 is 4.74 Å². The van der Waals surface area contributed by atoms with Crippen molar-refractivity contribution in [1.82, 2.24) is 0 Å². The number of aryl methyl sites for hydroxylation is 1. The zero-order valence-corrected chi connectivity index (χ0v) is 16.8. The molecule has 0 saturated carbocycles. The Kier molecular flexibility index (Phi) is 7.14. The predicted octanol–water partition coefficient (Wildman–Crippen LogP) is 8.18. The summed E-state index contributed by atoms with van der Waals surface area (Å²) in [6.07, 6.45) is 1.11. The molecule has 30 heavy (non-hydrogen) atoms. The second kappa shape index (κ2) is 9.79. The van der Waals surface area contributed by atoms with Crippen LogP contribution in [0.25, 0.3) is 22.3 Å². The van der Waals surface area contributed by atoms with Crippen LogP contribution in [0.5, 0.6) is 5.75 Å². The van der Waals surface area contributed by atoms with Gasteiger partial charge in [0.15, 0.2) is 11.6 Å². The Bertz CT molecular complexity index is 944. The molecular weight excluding hydrogens is 392 g/mol. The van der Waals surface area contributed by atoms with Crippen molar-refractivity contribution < 1.29 is 22.3 Å². The lowest BCUT2D eigenvalue weighted by atomic mass is 9.98. The second-order valence-electron chi connectivity index (χ2n) is 7.28. The standard InChI is InChI=1S/C25H24F4O/c1-2-3-4-5-6-18-7-9-19(10-8-18)20-11-13-21(14-12-20)22-15-16-24(23(26)17-22)30-25(27,28)29/h7-17H,2-6H2,1H3. The molecule has 0 radical (unpaired) electrons. The smallest absolute Gasteiger partial charge is 0.403 e. The fourth-order valence-electron chi connectivity index (χ4n) is 3.36. The highest BCUT2D eigenvalue weighted by atomic mass is 19.4. The number of ether oxygens (including phenoxy) is 1. The third-order valence-corrected chi connectivity index (χ3v) is 4.98. The number of rotatable bonds is 8. The average molecular weight is 416 g/mol. The van der Waals surface area contributed by atoms with E-state index in [1.165, 1.54) is 37.3 Å². The summed E-state index contributed by atoms with van der Waals surface area (Å²) in [5, 5.41) is 0. The maximum atomic E-state index is 14.0. The molecule has 0 bridgehead atoms. The summed E-state index contributed by atoms with van der Waals surface area (Å²) >= 11 is 0. The van der Waals surface area contributed by atoms with E-state index in [1.807, 2.05) is 24.3 Å². The lowest BCUT2D eigenvalue weighted by molar-refractivity contribution is -0.275. The van der Waals surface area contributed by atoms with Crippen LogP contribution in [0.4, 0.5) is 17.6 Å². The van der Waals surface area contributed by atoms with Crippen molar-refractivity contribution in [2.45, 2.75) is 45.4 Å². The van der Waals surface area contributed by atoms with Gasteiger partial charge in [0, 0.05) is 0 Å². The quantitative estimate of drug-likeness (QED) is 0.266. The van der Waals surface area contributed by atoms with Crippen molar-refractivity contribution in [2.24, 2.45) is 0 Å². The van der Waals surface area contributed by atoms with Gasteiger partial charge in [0.05, 0.1) is 0 Å². The highest BCUT2D eigenvalue weighted by molar-refractivity contribution is 5.71. The van der Waals surface area contributed by atoms with Crippen molar-refractivity contribution >= 4 is 0 Å². The molecule has 3 rings (SSSR count). The lowest BCUT2D eigenvalue weighted by Gasteiger charge is -2.11. The van der Waals surface area contributed by atoms with Crippen molar-refractivity contribution in [2.75, 3.05) is 0 Å². The summed E-state index contributed by atoms with van der Waals surface area (Å²) < 4.78 is 54.5. The van der Waals surface area contributed by atoms with E-state index in [9.17, 15) is 17.6 Å². The second-order valence-corrected chi connectivity index (χ2v) is 7.28. The number of alkyl halides is 3. The molecule has 0 saturated heterocycles. The molecule has 0 spiro atoms. The van der Waals surface area contributed by atoms with E-state index in [1.54, 1.807) is 0 Å². The molecule has 0 aliphatic carbocycles. The number of unbranched alkanes of at least 4 members (excludes halogenated alkanes) is 3. The third-order valence-electron chi connectivity index (χ3n) is 4.98. The molecule has 0 unspecified atom stereocenters. The van der Waals surface area contributed by atoms with Crippen molar-refractivity contribution in [3.05, 3.63) is 78.1 Å². The molecule has 5 heteroatoms. The molecule has 0 aliphatic rings. The molecule has 0 atom stereocenters. The Morgan fingerprint density at radius 1 is 0.700 bits per heavy atom. The number of benzene rings is 3. The first kappa shape index (κ1) is 21.9. The van der Waals surface area contributed by atoms with E-state index in [2.05, 4.69) is 35.9 Å². The largest absolute Gasteiger partial charge is 0.573 e. The maximum absolute atomic E-state index is 14.0. The van der Waals surface area contributed by atoms with Gasteiger partial charge in [-0.05, 0) is 52.8 Å². The first-order valence-electron chi connectivity index (χ1n) is 10.1. The molecule has 3 aromatic carbocycles. The molecule has 158 valence electrons. The zero-order chi connectivity index (χ0) is 21.6. The van der Waals surface area contributed by atoms with Crippen LogP contribution in [0.1, 0.15) is 38.2 Å².